The molecule has 1 amide bonds. The Labute approximate surface area is 171 Å². The Kier molecular flexibility index (Phi) is 8.24. The van der Waals surface area contributed by atoms with Gasteiger partial charge in [-0.3, -0.25) is 9.59 Å². The van der Waals surface area contributed by atoms with Gasteiger partial charge in [0.1, 0.15) is 12.4 Å². The highest BCUT2D eigenvalue weighted by atomic mass is 16.5. The zero-order valence-corrected chi connectivity index (χ0v) is 17.8. The topological polar surface area (TPSA) is 90.7 Å². The quantitative estimate of drug-likeness (QED) is 0.605. The summed E-state index contributed by atoms with van der Waals surface area (Å²) in [7, 11) is 0. The number of para-hydroxylation sites is 1. The molecule has 0 aliphatic carbocycles. The molecule has 2 rings (SSSR count). The molecule has 0 bridgehead atoms. The number of nitrogens with zero attached hydrogens (tertiary/aromatic N) is 1. The number of aryl methyl sites for hydroxylation is 2. The fraction of sp³-hybridized carbons (Fsp3) is 0.500. The monoisotopic (exact) mass is 402 g/mol. The maximum absolute atomic E-state index is 12.5. The van der Waals surface area contributed by atoms with Gasteiger partial charge in [-0.05, 0) is 44.2 Å². The molecule has 0 aliphatic heterocycles. The summed E-state index contributed by atoms with van der Waals surface area (Å²) in [6, 6.07) is 7.14. The second-order valence-electron chi connectivity index (χ2n) is 7.50. The van der Waals surface area contributed by atoms with E-state index in [1.807, 2.05) is 45.9 Å². The lowest BCUT2D eigenvalue weighted by Gasteiger charge is -2.19. The molecule has 1 heterocycles. The van der Waals surface area contributed by atoms with Crippen LogP contribution in [0.3, 0.4) is 0 Å². The number of amides is 1. The Morgan fingerprint density at radius 1 is 1.21 bits per heavy atom. The largest absolute Gasteiger partial charge is 0.485 e. The molecule has 0 saturated heterocycles. The van der Waals surface area contributed by atoms with E-state index in [2.05, 4.69) is 10.5 Å². The van der Waals surface area contributed by atoms with E-state index in [1.54, 1.807) is 13.0 Å². The number of nitrogens with one attached hydrogen (secondary N) is 1. The van der Waals surface area contributed by atoms with Crippen molar-refractivity contribution in [2.45, 2.75) is 60.1 Å². The number of aromatic nitrogens is 1. The molecule has 29 heavy (non-hydrogen) atoms. The van der Waals surface area contributed by atoms with Crippen molar-refractivity contribution in [3.05, 3.63) is 46.8 Å². The molecule has 0 radical (unpaired) electrons. The highest BCUT2D eigenvalue weighted by Gasteiger charge is 2.21. The van der Waals surface area contributed by atoms with Crippen LogP contribution >= 0.6 is 0 Å². The molecule has 0 fully saturated rings. The molecular formula is C22H30N2O5. The van der Waals surface area contributed by atoms with Gasteiger partial charge in [-0.2, -0.15) is 0 Å². The molecule has 1 aromatic heterocycles. The Bertz CT molecular complexity index is 808. The average molecular weight is 402 g/mol. The van der Waals surface area contributed by atoms with E-state index in [0.717, 1.165) is 16.9 Å². The molecular weight excluding hydrogens is 372 g/mol. The zero-order valence-electron chi connectivity index (χ0n) is 17.8. The number of esters is 1. The molecule has 1 atom stereocenters. The smallest absolute Gasteiger partial charge is 0.307 e. The van der Waals surface area contributed by atoms with Crippen LogP contribution in [0.2, 0.25) is 0 Å². The molecule has 0 spiro atoms. The predicted octanol–water partition coefficient (Wildman–Crippen LogP) is 3.97. The lowest BCUT2D eigenvalue weighted by Crippen LogP contribution is -2.38. The normalized spacial score (nSPS) is 11.9. The summed E-state index contributed by atoms with van der Waals surface area (Å²) in [6.45, 7) is 10.2. The van der Waals surface area contributed by atoms with Crippen molar-refractivity contribution in [2.75, 3.05) is 6.61 Å². The molecule has 0 unspecified atom stereocenters. The number of hydrogen-bond donors (Lipinski definition) is 1. The Hall–Kier alpha value is -2.83. The van der Waals surface area contributed by atoms with Crippen LogP contribution in [0.15, 0.2) is 28.8 Å². The lowest BCUT2D eigenvalue weighted by atomic mass is 10.0. The lowest BCUT2D eigenvalue weighted by molar-refractivity contribution is -0.143. The highest BCUT2D eigenvalue weighted by molar-refractivity contribution is 5.92. The summed E-state index contributed by atoms with van der Waals surface area (Å²) in [5.41, 5.74) is 2.21. The van der Waals surface area contributed by atoms with Crippen molar-refractivity contribution in [2.24, 2.45) is 5.92 Å². The predicted molar refractivity (Wildman–Crippen MR) is 109 cm³/mol. The van der Waals surface area contributed by atoms with Crippen molar-refractivity contribution in [3.63, 3.8) is 0 Å². The van der Waals surface area contributed by atoms with Crippen LogP contribution in [0.4, 0.5) is 0 Å². The summed E-state index contributed by atoms with van der Waals surface area (Å²) < 4.78 is 16.1. The van der Waals surface area contributed by atoms with Gasteiger partial charge in [-0.25, -0.2) is 0 Å². The van der Waals surface area contributed by atoms with Crippen molar-refractivity contribution in [3.8, 4) is 5.75 Å². The summed E-state index contributed by atoms with van der Waals surface area (Å²) in [5.74, 6) is 0.835. The standard InChI is InChI=1S/C22H30N2O5/c1-6-27-20(25)11-17(10-14(2)3)23-22(26)19-12-18(29-24-19)13-28-21-15(4)8-7-9-16(21)5/h7-9,12,14,17H,6,10-11,13H2,1-5H3,(H,23,26)/t17-/m0/s1. The van der Waals surface area contributed by atoms with E-state index in [-0.39, 0.29) is 36.6 Å². The van der Waals surface area contributed by atoms with Gasteiger partial charge in [0.15, 0.2) is 11.5 Å². The first-order valence-electron chi connectivity index (χ1n) is 9.91. The number of hydrogen-bond acceptors (Lipinski definition) is 6. The fourth-order valence-electron chi connectivity index (χ4n) is 3.10. The Morgan fingerprint density at radius 3 is 2.52 bits per heavy atom. The van der Waals surface area contributed by atoms with Gasteiger partial charge in [-0.1, -0.05) is 37.2 Å². The molecule has 1 N–H and O–H groups in total. The Balaban J connectivity index is 1.98. The summed E-state index contributed by atoms with van der Waals surface area (Å²) in [4.78, 5) is 24.4. The van der Waals surface area contributed by atoms with E-state index in [1.165, 1.54) is 0 Å². The van der Waals surface area contributed by atoms with E-state index in [4.69, 9.17) is 14.0 Å². The maximum Gasteiger partial charge on any atom is 0.307 e. The third kappa shape index (κ3) is 6.93. The average Bonchev–Trinajstić information content (AvgIpc) is 3.10. The minimum absolute atomic E-state index is 0.123. The van der Waals surface area contributed by atoms with Crippen molar-refractivity contribution < 1.29 is 23.6 Å². The van der Waals surface area contributed by atoms with E-state index in [0.29, 0.717) is 24.7 Å². The molecule has 7 heteroatoms. The number of carbonyl (C=O) groups excluding carboxylic acids is 2. The summed E-state index contributed by atoms with van der Waals surface area (Å²) in [6.07, 6.45) is 0.781. The van der Waals surface area contributed by atoms with Crippen LogP contribution in [-0.4, -0.2) is 29.7 Å². The first-order chi connectivity index (χ1) is 13.8. The van der Waals surface area contributed by atoms with Crippen LogP contribution in [0.1, 0.15) is 61.0 Å². The Morgan fingerprint density at radius 2 is 1.90 bits per heavy atom. The van der Waals surface area contributed by atoms with Crippen molar-refractivity contribution >= 4 is 11.9 Å². The van der Waals surface area contributed by atoms with Crippen LogP contribution < -0.4 is 10.1 Å². The maximum atomic E-state index is 12.5. The second kappa shape index (κ2) is 10.6. The molecule has 2 aromatic rings. The van der Waals surface area contributed by atoms with Gasteiger partial charge in [0, 0.05) is 12.1 Å². The minimum Gasteiger partial charge on any atom is -0.485 e. The van der Waals surface area contributed by atoms with Crippen LogP contribution in [-0.2, 0) is 16.1 Å². The van der Waals surface area contributed by atoms with Crippen LogP contribution in [0.25, 0.3) is 0 Å². The zero-order chi connectivity index (χ0) is 21.4. The van der Waals surface area contributed by atoms with Gasteiger partial charge in [0.2, 0.25) is 0 Å². The van der Waals surface area contributed by atoms with E-state index >= 15 is 0 Å². The van der Waals surface area contributed by atoms with Gasteiger partial charge < -0.3 is 19.3 Å². The molecule has 7 nitrogen and oxygen atoms in total. The third-order valence-electron chi connectivity index (χ3n) is 4.37. The van der Waals surface area contributed by atoms with Gasteiger partial charge in [-0.15, -0.1) is 0 Å². The van der Waals surface area contributed by atoms with Crippen molar-refractivity contribution in [1.82, 2.24) is 10.5 Å². The number of benzene rings is 1. The third-order valence-corrected chi connectivity index (χ3v) is 4.37. The second-order valence-corrected chi connectivity index (χ2v) is 7.50. The van der Waals surface area contributed by atoms with Crippen molar-refractivity contribution in [1.29, 1.82) is 0 Å². The summed E-state index contributed by atoms with van der Waals surface area (Å²) in [5, 5.41) is 6.69. The number of rotatable bonds is 10. The summed E-state index contributed by atoms with van der Waals surface area (Å²) >= 11 is 0. The number of ether oxygens (including phenoxy) is 2. The van der Waals surface area contributed by atoms with Crippen LogP contribution in [0, 0.1) is 19.8 Å². The highest BCUT2D eigenvalue weighted by Crippen LogP contribution is 2.23. The van der Waals surface area contributed by atoms with E-state index < -0.39 is 0 Å². The fourth-order valence-corrected chi connectivity index (χ4v) is 3.10. The minimum atomic E-state index is -0.387. The first-order valence-corrected chi connectivity index (χ1v) is 9.91. The molecule has 0 saturated carbocycles. The SMILES string of the molecule is CCOC(=O)C[C@H](CC(C)C)NC(=O)c1cc(COc2c(C)cccc2C)on1. The molecule has 0 aliphatic rings. The van der Waals surface area contributed by atoms with E-state index in [9.17, 15) is 9.59 Å². The van der Waals surface area contributed by atoms with Gasteiger partial charge in [0.25, 0.3) is 5.91 Å². The van der Waals surface area contributed by atoms with Gasteiger partial charge in [0.05, 0.1) is 13.0 Å². The van der Waals surface area contributed by atoms with Gasteiger partial charge >= 0.3 is 5.97 Å². The number of carbonyl (C=O) groups is 2. The molecule has 158 valence electrons. The van der Waals surface area contributed by atoms with Crippen LogP contribution in [0.5, 0.6) is 5.75 Å². The molecule has 1 aromatic carbocycles. The first kappa shape index (κ1) is 22.5.